The van der Waals surface area contributed by atoms with E-state index in [0.29, 0.717) is 36.7 Å². The quantitative estimate of drug-likeness (QED) is 0.891. The van der Waals surface area contributed by atoms with Crippen LogP contribution in [0.2, 0.25) is 0 Å². The topological polar surface area (TPSA) is 64.6 Å². The fourth-order valence-electron chi connectivity index (χ4n) is 2.57. The lowest BCUT2D eigenvalue weighted by Crippen LogP contribution is -2.48. The summed E-state index contributed by atoms with van der Waals surface area (Å²) in [6, 6.07) is 1.95. The Kier molecular flexibility index (Phi) is 5.36. The normalized spacial score (nSPS) is 17.2. The van der Waals surface area contributed by atoms with Crippen molar-refractivity contribution in [2.45, 2.75) is 38.9 Å². The van der Waals surface area contributed by atoms with Gasteiger partial charge in [-0.05, 0) is 44.4 Å². The molecule has 1 amide bonds. The molecular formula is C16H18F3NO4. The van der Waals surface area contributed by atoms with E-state index < -0.39 is 23.9 Å². The highest BCUT2D eigenvalue weighted by atomic mass is 19.4. The molecule has 0 radical (unpaired) electrons. The molecule has 0 aliphatic heterocycles. The monoisotopic (exact) mass is 345 g/mol. The molecule has 0 heterocycles. The number of carbonyl (C=O) groups excluding carboxylic acids is 2. The highest BCUT2D eigenvalue weighted by molar-refractivity contribution is 6.04. The van der Waals surface area contributed by atoms with Gasteiger partial charge in [0, 0.05) is 5.56 Å². The lowest BCUT2D eigenvalue weighted by Gasteiger charge is -2.26. The number of aryl methyl sites for hydroxylation is 1. The van der Waals surface area contributed by atoms with Crippen molar-refractivity contribution in [1.82, 2.24) is 5.32 Å². The Bertz CT molecular complexity index is 643. The first-order chi connectivity index (χ1) is 11.3. The number of rotatable bonds is 5. The van der Waals surface area contributed by atoms with Gasteiger partial charge < -0.3 is 14.8 Å². The van der Waals surface area contributed by atoms with Crippen LogP contribution >= 0.6 is 0 Å². The fraction of sp³-hybridized carbons (Fsp3) is 0.500. The summed E-state index contributed by atoms with van der Waals surface area (Å²) < 4.78 is 48.0. The average molecular weight is 345 g/mol. The number of amides is 1. The third-order valence-corrected chi connectivity index (χ3v) is 3.62. The molecular weight excluding hydrogens is 327 g/mol. The number of nitrogens with one attached hydrogen (secondary N) is 1. The third-order valence-electron chi connectivity index (χ3n) is 3.62. The van der Waals surface area contributed by atoms with Gasteiger partial charge in [-0.2, -0.15) is 13.2 Å². The van der Waals surface area contributed by atoms with Crippen LogP contribution in [0.3, 0.4) is 0 Å². The number of hydrogen-bond donors (Lipinski definition) is 1. The lowest BCUT2D eigenvalue weighted by atomic mass is 9.86. The molecule has 1 aliphatic rings. The summed E-state index contributed by atoms with van der Waals surface area (Å²) in [5.74, 6) is -1.82. The smallest absolute Gasteiger partial charge is 0.471 e. The predicted molar refractivity (Wildman–Crippen MR) is 79.4 cm³/mol. The molecule has 0 saturated heterocycles. The minimum absolute atomic E-state index is 0.104. The Morgan fingerprint density at radius 1 is 1.21 bits per heavy atom. The van der Waals surface area contributed by atoms with Crippen molar-refractivity contribution in [1.29, 1.82) is 0 Å². The molecule has 1 aliphatic carbocycles. The number of benzene rings is 1. The van der Waals surface area contributed by atoms with Crippen LogP contribution in [-0.4, -0.2) is 37.1 Å². The van der Waals surface area contributed by atoms with E-state index in [1.807, 2.05) is 6.92 Å². The molecule has 24 heavy (non-hydrogen) atoms. The van der Waals surface area contributed by atoms with Crippen LogP contribution in [-0.2, 0) is 11.2 Å². The maximum absolute atomic E-state index is 12.4. The standard InChI is InChI=1S/C16H18F3NO4/c1-3-23-12-7-9-5-6-11(20-15(22)16(17,18)19)14(21)10(9)8-13(12)24-4-2/h7-8,11H,3-6H2,1-2H3,(H,20,22). The van der Waals surface area contributed by atoms with E-state index in [1.54, 1.807) is 18.3 Å². The summed E-state index contributed by atoms with van der Waals surface area (Å²) in [5, 5.41) is 1.76. The number of alkyl halides is 3. The summed E-state index contributed by atoms with van der Waals surface area (Å²) in [6.07, 6.45) is -4.56. The minimum atomic E-state index is -5.02. The molecule has 1 unspecified atom stereocenters. The van der Waals surface area contributed by atoms with Crippen molar-refractivity contribution < 1.29 is 32.2 Å². The van der Waals surface area contributed by atoms with Crippen LogP contribution in [0.15, 0.2) is 12.1 Å². The zero-order chi connectivity index (χ0) is 17.9. The van der Waals surface area contributed by atoms with E-state index in [1.165, 1.54) is 6.07 Å². The molecule has 0 bridgehead atoms. The van der Waals surface area contributed by atoms with E-state index in [0.717, 1.165) is 0 Å². The Labute approximate surface area is 137 Å². The number of halogens is 3. The highest BCUT2D eigenvalue weighted by Crippen LogP contribution is 2.35. The molecule has 0 saturated carbocycles. The second-order valence-electron chi connectivity index (χ2n) is 5.25. The summed E-state index contributed by atoms with van der Waals surface area (Å²) in [7, 11) is 0. The van der Waals surface area contributed by atoms with E-state index in [9.17, 15) is 22.8 Å². The van der Waals surface area contributed by atoms with E-state index in [4.69, 9.17) is 9.47 Å². The summed E-state index contributed by atoms with van der Waals surface area (Å²) in [6.45, 7) is 4.34. The fourth-order valence-corrected chi connectivity index (χ4v) is 2.57. The van der Waals surface area contributed by atoms with Crippen LogP contribution in [0.5, 0.6) is 11.5 Å². The summed E-state index contributed by atoms with van der Waals surface area (Å²) >= 11 is 0. The molecule has 1 aromatic rings. The van der Waals surface area contributed by atoms with Gasteiger partial charge in [0.15, 0.2) is 17.3 Å². The lowest BCUT2D eigenvalue weighted by molar-refractivity contribution is -0.174. The Morgan fingerprint density at radius 3 is 2.33 bits per heavy atom. The van der Waals surface area contributed by atoms with Crippen LogP contribution < -0.4 is 14.8 Å². The zero-order valence-electron chi connectivity index (χ0n) is 13.3. The summed E-state index contributed by atoms with van der Waals surface area (Å²) in [5.41, 5.74) is 0.921. The molecule has 1 atom stereocenters. The van der Waals surface area contributed by atoms with Crippen molar-refractivity contribution in [3.63, 3.8) is 0 Å². The first-order valence-electron chi connectivity index (χ1n) is 7.62. The molecule has 1 aromatic carbocycles. The molecule has 8 heteroatoms. The first-order valence-corrected chi connectivity index (χ1v) is 7.62. The first kappa shape index (κ1) is 18.1. The predicted octanol–water partition coefficient (Wildman–Crippen LogP) is 2.66. The largest absolute Gasteiger partial charge is 0.490 e. The minimum Gasteiger partial charge on any atom is -0.490 e. The zero-order valence-corrected chi connectivity index (χ0v) is 13.3. The molecule has 0 spiro atoms. The van der Waals surface area contributed by atoms with Crippen molar-refractivity contribution in [2.75, 3.05) is 13.2 Å². The van der Waals surface area contributed by atoms with Gasteiger partial charge in [0.25, 0.3) is 0 Å². The Hall–Kier alpha value is -2.25. The number of carbonyl (C=O) groups is 2. The van der Waals surface area contributed by atoms with E-state index in [-0.39, 0.29) is 12.0 Å². The van der Waals surface area contributed by atoms with Crippen molar-refractivity contribution >= 4 is 11.7 Å². The molecule has 0 aromatic heterocycles. The van der Waals surface area contributed by atoms with Crippen LogP contribution in [0.4, 0.5) is 13.2 Å². The third kappa shape index (κ3) is 3.80. The maximum Gasteiger partial charge on any atom is 0.471 e. The van der Waals surface area contributed by atoms with Crippen molar-refractivity contribution in [3.05, 3.63) is 23.3 Å². The van der Waals surface area contributed by atoms with Gasteiger partial charge in [-0.15, -0.1) is 0 Å². The van der Waals surface area contributed by atoms with Gasteiger partial charge in [0.1, 0.15) is 0 Å². The number of Topliss-reactive ketones (excluding diaryl/α,β-unsaturated/α-hetero) is 1. The molecule has 132 valence electrons. The maximum atomic E-state index is 12.4. The van der Waals surface area contributed by atoms with Gasteiger partial charge in [-0.1, -0.05) is 0 Å². The molecule has 2 rings (SSSR count). The number of fused-ring (bicyclic) bond motifs is 1. The number of ketones is 1. The Balaban J connectivity index is 2.29. The van der Waals surface area contributed by atoms with Crippen molar-refractivity contribution in [2.24, 2.45) is 0 Å². The molecule has 1 N–H and O–H groups in total. The van der Waals surface area contributed by atoms with Gasteiger partial charge >= 0.3 is 12.1 Å². The van der Waals surface area contributed by atoms with Gasteiger partial charge in [0.2, 0.25) is 0 Å². The SMILES string of the molecule is CCOc1cc2c(cc1OCC)C(=O)C(NC(=O)C(F)(F)F)CC2. The van der Waals surface area contributed by atoms with E-state index >= 15 is 0 Å². The van der Waals surface area contributed by atoms with Gasteiger partial charge in [0.05, 0.1) is 19.3 Å². The average Bonchev–Trinajstić information content (AvgIpc) is 2.51. The van der Waals surface area contributed by atoms with Crippen LogP contribution in [0, 0.1) is 0 Å². The molecule has 0 fully saturated rings. The van der Waals surface area contributed by atoms with Gasteiger partial charge in [-0.3, -0.25) is 9.59 Å². The Morgan fingerprint density at radius 2 is 1.79 bits per heavy atom. The number of hydrogen-bond acceptors (Lipinski definition) is 4. The van der Waals surface area contributed by atoms with Crippen LogP contribution in [0.1, 0.15) is 36.2 Å². The van der Waals surface area contributed by atoms with Crippen LogP contribution in [0.25, 0.3) is 0 Å². The number of ether oxygens (including phenoxy) is 2. The molecule has 5 nitrogen and oxygen atoms in total. The van der Waals surface area contributed by atoms with Crippen molar-refractivity contribution in [3.8, 4) is 11.5 Å². The summed E-state index contributed by atoms with van der Waals surface area (Å²) in [4.78, 5) is 23.5. The highest BCUT2D eigenvalue weighted by Gasteiger charge is 2.41. The van der Waals surface area contributed by atoms with Gasteiger partial charge in [-0.25, -0.2) is 0 Å². The second-order valence-corrected chi connectivity index (χ2v) is 5.25. The van der Waals surface area contributed by atoms with E-state index in [2.05, 4.69) is 0 Å². The second kappa shape index (κ2) is 7.11.